The zero-order valence-electron chi connectivity index (χ0n) is 7.42. The molecule has 12 heavy (non-hydrogen) atoms. The van der Waals surface area contributed by atoms with Crippen molar-refractivity contribution < 1.29 is 4.21 Å². The van der Waals surface area contributed by atoms with E-state index in [9.17, 15) is 4.21 Å². The number of nitrogens with one attached hydrogen (secondary N) is 1. The summed E-state index contributed by atoms with van der Waals surface area (Å²) < 4.78 is 18.7. The van der Waals surface area contributed by atoms with Crippen molar-refractivity contribution in [1.82, 2.24) is 4.98 Å². The SMILES string of the molecule is Cc1cc(C)c(S(C)(=N)=O)cn1. The van der Waals surface area contributed by atoms with E-state index in [2.05, 4.69) is 4.98 Å². The highest BCUT2D eigenvalue weighted by Gasteiger charge is 2.06. The lowest BCUT2D eigenvalue weighted by Crippen LogP contribution is -1.99. The van der Waals surface area contributed by atoms with Gasteiger partial charge in [-0.3, -0.25) is 4.98 Å². The summed E-state index contributed by atoms with van der Waals surface area (Å²) >= 11 is 0. The minimum atomic E-state index is -2.61. The average molecular weight is 184 g/mol. The van der Waals surface area contributed by atoms with Crippen LogP contribution in [0.5, 0.6) is 0 Å². The van der Waals surface area contributed by atoms with Gasteiger partial charge in [-0.15, -0.1) is 0 Å². The van der Waals surface area contributed by atoms with E-state index in [1.807, 2.05) is 19.9 Å². The molecule has 1 heterocycles. The van der Waals surface area contributed by atoms with Crippen molar-refractivity contribution in [2.45, 2.75) is 18.7 Å². The summed E-state index contributed by atoms with van der Waals surface area (Å²) in [6.45, 7) is 3.72. The first-order valence-corrected chi connectivity index (χ1v) is 5.55. The van der Waals surface area contributed by atoms with Crippen LogP contribution in [0.25, 0.3) is 0 Å². The van der Waals surface area contributed by atoms with Gasteiger partial charge in [0.1, 0.15) is 0 Å². The van der Waals surface area contributed by atoms with E-state index >= 15 is 0 Å². The highest BCUT2D eigenvalue weighted by Crippen LogP contribution is 2.14. The van der Waals surface area contributed by atoms with Crippen molar-refractivity contribution in [2.24, 2.45) is 0 Å². The van der Waals surface area contributed by atoms with Gasteiger partial charge in [-0.25, -0.2) is 8.99 Å². The first-order chi connectivity index (χ1) is 5.41. The number of rotatable bonds is 1. The highest BCUT2D eigenvalue weighted by molar-refractivity contribution is 7.91. The van der Waals surface area contributed by atoms with Gasteiger partial charge in [0.2, 0.25) is 0 Å². The number of aryl methyl sites for hydroxylation is 2. The Morgan fingerprint density at radius 3 is 2.50 bits per heavy atom. The Morgan fingerprint density at radius 2 is 2.08 bits per heavy atom. The Bertz CT molecular complexity index is 396. The lowest BCUT2D eigenvalue weighted by Gasteiger charge is -2.04. The Labute approximate surface area is 72.8 Å². The molecule has 0 saturated heterocycles. The van der Waals surface area contributed by atoms with Crippen molar-refractivity contribution in [1.29, 1.82) is 4.78 Å². The molecule has 1 unspecified atom stereocenters. The van der Waals surface area contributed by atoms with Gasteiger partial charge in [0.05, 0.1) is 14.6 Å². The van der Waals surface area contributed by atoms with Crippen molar-refractivity contribution in [3.8, 4) is 0 Å². The summed E-state index contributed by atoms with van der Waals surface area (Å²) in [7, 11) is -2.61. The van der Waals surface area contributed by atoms with Crippen LogP contribution < -0.4 is 0 Å². The minimum Gasteiger partial charge on any atom is -0.260 e. The van der Waals surface area contributed by atoms with Crippen LogP contribution in [-0.2, 0) is 9.73 Å². The fourth-order valence-electron chi connectivity index (χ4n) is 1.09. The maximum Gasteiger partial charge on any atom is 0.0714 e. The zero-order chi connectivity index (χ0) is 9.35. The van der Waals surface area contributed by atoms with E-state index in [1.54, 1.807) is 0 Å². The Hall–Kier alpha value is -0.900. The molecule has 1 N–H and O–H groups in total. The smallest absolute Gasteiger partial charge is 0.0714 e. The van der Waals surface area contributed by atoms with Crippen molar-refractivity contribution in [2.75, 3.05) is 6.26 Å². The minimum absolute atomic E-state index is 0.535. The van der Waals surface area contributed by atoms with Crippen molar-refractivity contribution in [3.05, 3.63) is 23.5 Å². The normalized spacial score (nSPS) is 15.6. The first kappa shape index (κ1) is 9.19. The molecular formula is C8H12N2OS. The van der Waals surface area contributed by atoms with Crippen LogP contribution in [0, 0.1) is 18.6 Å². The number of hydrogen-bond donors (Lipinski definition) is 1. The Kier molecular flexibility index (Phi) is 2.19. The predicted molar refractivity (Wildman–Crippen MR) is 48.8 cm³/mol. The van der Waals surface area contributed by atoms with E-state index in [1.165, 1.54) is 12.5 Å². The van der Waals surface area contributed by atoms with Crippen LogP contribution in [0.15, 0.2) is 17.2 Å². The Balaban J connectivity index is 3.39. The van der Waals surface area contributed by atoms with Crippen LogP contribution in [0.4, 0.5) is 0 Å². The third-order valence-electron chi connectivity index (χ3n) is 1.62. The molecule has 1 atom stereocenters. The molecule has 0 aliphatic rings. The molecule has 0 bridgehead atoms. The van der Waals surface area contributed by atoms with Gasteiger partial charge in [0.25, 0.3) is 0 Å². The second-order valence-electron chi connectivity index (χ2n) is 2.93. The van der Waals surface area contributed by atoms with Crippen LogP contribution in [0.2, 0.25) is 0 Å². The molecule has 0 radical (unpaired) electrons. The van der Waals surface area contributed by atoms with Gasteiger partial charge >= 0.3 is 0 Å². The summed E-state index contributed by atoms with van der Waals surface area (Å²) in [5.74, 6) is 0. The molecule has 1 rings (SSSR count). The van der Waals surface area contributed by atoms with Gasteiger partial charge in [0.15, 0.2) is 0 Å². The second-order valence-corrected chi connectivity index (χ2v) is 5.06. The largest absolute Gasteiger partial charge is 0.260 e. The standard InChI is InChI=1S/C8H12N2OS/c1-6-4-7(2)10-5-8(6)12(3,9)11/h4-5,9H,1-3H3. The van der Waals surface area contributed by atoms with Crippen LogP contribution >= 0.6 is 0 Å². The average Bonchev–Trinajstić information content (AvgIpc) is 1.83. The second kappa shape index (κ2) is 2.86. The van der Waals surface area contributed by atoms with Gasteiger partial charge in [-0.2, -0.15) is 0 Å². The maximum atomic E-state index is 11.3. The molecule has 3 nitrogen and oxygen atoms in total. The van der Waals surface area contributed by atoms with Crippen molar-refractivity contribution >= 4 is 9.73 Å². The van der Waals surface area contributed by atoms with E-state index in [0.29, 0.717) is 4.90 Å². The molecule has 0 spiro atoms. The maximum absolute atomic E-state index is 11.3. The summed E-state index contributed by atoms with van der Waals surface area (Å²) in [5.41, 5.74) is 1.77. The lowest BCUT2D eigenvalue weighted by molar-refractivity contribution is 0.678. The summed E-state index contributed by atoms with van der Waals surface area (Å²) in [6.07, 6.45) is 2.94. The molecule has 0 saturated carbocycles. The summed E-state index contributed by atoms with van der Waals surface area (Å²) in [4.78, 5) is 4.54. The topological polar surface area (TPSA) is 53.8 Å². The molecule has 4 heteroatoms. The molecule has 1 aromatic heterocycles. The molecular weight excluding hydrogens is 172 g/mol. The van der Waals surface area contributed by atoms with Crippen LogP contribution in [0.3, 0.4) is 0 Å². The number of pyridine rings is 1. The zero-order valence-corrected chi connectivity index (χ0v) is 8.23. The molecule has 0 aliphatic heterocycles. The third kappa shape index (κ3) is 1.82. The number of aromatic nitrogens is 1. The predicted octanol–water partition coefficient (Wildman–Crippen LogP) is 1.73. The fraction of sp³-hybridized carbons (Fsp3) is 0.375. The molecule has 0 aliphatic carbocycles. The van der Waals surface area contributed by atoms with E-state index in [-0.39, 0.29) is 0 Å². The third-order valence-corrected chi connectivity index (χ3v) is 2.89. The van der Waals surface area contributed by atoms with Crippen molar-refractivity contribution in [3.63, 3.8) is 0 Å². The van der Waals surface area contributed by atoms with Gasteiger partial charge in [-0.05, 0) is 25.5 Å². The highest BCUT2D eigenvalue weighted by atomic mass is 32.2. The van der Waals surface area contributed by atoms with E-state index in [4.69, 9.17) is 4.78 Å². The number of hydrogen-bond acceptors (Lipinski definition) is 3. The lowest BCUT2D eigenvalue weighted by atomic mass is 10.2. The molecule has 1 aromatic rings. The summed E-state index contributed by atoms with van der Waals surface area (Å²) in [6, 6.07) is 1.84. The number of nitrogens with zero attached hydrogens (tertiary/aromatic N) is 1. The monoisotopic (exact) mass is 184 g/mol. The molecule has 66 valence electrons. The quantitative estimate of drug-likeness (QED) is 0.722. The first-order valence-electron chi connectivity index (χ1n) is 3.58. The van der Waals surface area contributed by atoms with Gasteiger partial charge in [0, 0.05) is 18.1 Å². The van der Waals surface area contributed by atoms with E-state index in [0.717, 1.165) is 11.3 Å². The van der Waals surface area contributed by atoms with Gasteiger partial charge in [-0.1, -0.05) is 0 Å². The summed E-state index contributed by atoms with van der Waals surface area (Å²) in [5, 5.41) is 0. The molecule has 0 fully saturated rings. The van der Waals surface area contributed by atoms with Crippen LogP contribution in [-0.4, -0.2) is 15.4 Å². The van der Waals surface area contributed by atoms with Crippen LogP contribution in [0.1, 0.15) is 11.3 Å². The molecule has 0 amide bonds. The van der Waals surface area contributed by atoms with Gasteiger partial charge < -0.3 is 0 Å². The fourth-order valence-corrected chi connectivity index (χ4v) is 2.02. The molecule has 0 aromatic carbocycles. The van der Waals surface area contributed by atoms with E-state index < -0.39 is 9.73 Å². The Morgan fingerprint density at radius 1 is 1.50 bits per heavy atom.